The Kier molecular flexibility index (Phi) is 5.97. The molecule has 0 radical (unpaired) electrons. The highest BCUT2D eigenvalue weighted by molar-refractivity contribution is 8.04. The number of hydrogen-bond acceptors (Lipinski definition) is 2. The second-order valence-electron chi connectivity index (χ2n) is 1.41. The number of carboxylic acid groups (broad SMARTS) is 1. The van der Waals surface area contributed by atoms with E-state index < -0.39 is 5.97 Å². The van der Waals surface area contributed by atoms with Crippen molar-refractivity contribution >= 4 is 40.9 Å². The van der Waals surface area contributed by atoms with Crippen LogP contribution in [0.1, 0.15) is 6.42 Å². The molecule has 0 amide bonds. The number of carboxylic acids is 1. The summed E-state index contributed by atoms with van der Waals surface area (Å²) in [5.74, 6) is -0.372. The summed E-state index contributed by atoms with van der Waals surface area (Å²) in [5.41, 5.74) is 1.22. The van der Waals surface area contributed by atoms with Gasteiger partial charge in [-0.25, -0.2) is 0 Å². The molecule has 0 aliphatic carbocycles. The molecule has 0 spiro atoms. The molecule has 0 unspecified atom stereocenters. The van der Waals surface area contributed by atoms with Crippen LogP contribution in [0.4, 0.5) is 0 Å². The van der Waals surface area contributed by atoms with Crippen molar-refractivity contribution in [2.45, 2.75) is 6.42 Å². The Labute approximate surface area is 73.2 Å². The van der Waals surface area contributed by atoms with E-state index in [2.05, 4.69) is 0 Å². The highest BCUT2D eigenvalue weighted by atomic mass is 35.5. The van der Waals surface area contributed by atoms with E-state index in [0.717, 1.165) is 0 Å². The second kappa shape index (κ2) is 5.89. The lowest BCUT2D eigenvalue weighted by Crippen LogP contribution is -1.95. The zero-order valence-electron chi connectivity index (χ0n) is 5.01. The van der Waals surface area contributed by atoms with Gasteiger partial charge in [0.2, 0.25) is 0 Å². The molecule has 0 aromatic heterocycles. The van der Waals surface area contributed by atoms with Gasteiger partial charge in [0.1, 0.15) is 0 Å². The largest absolute Gasteiger partial charge is 0.481 e. The van der Waals surface area contributed by atoms with E-state index in [1.54, 1.807) is 0 Å². The SMILES string of the molecule is O=C(O)CCSC(Cl)=CCl. The molecule has 0 saturated heterocycles. The number of thioether (sulfide) groups is 1. The lowest BCUT2D eigenvalue weighted by atomic mass is 10.5. The quantitative estimate of drug-likeness (QED) is 0.758. The van der Waals surface area contributed by atoms with E-state index in [-0.39, 0.29) is 6.42 Å². The molecular weight excluding hydrogens is 195 g/mol. The molecule has 0 bridgehead atoms. The van der Waals surface area contributed by atoms with Gasteiger partial charge in [0, 0.05) is 11.3 Å². The minimum absolute atomic E-state index is 0.103. The van der Waals surface area contributed by atoms with Crippen molar-refractivity contribution in [1.82, 2.24) is 0 Å². The van der Waals surface area contributed by atoms with Gasteiger partial charge in [0.05, 0.1) is 10.8 Å². The first kappa shape index (κ1) is 10.1. The van der Waals surface area contributed by atoms with E-state index in [1.165, 1.54) is 17.3 Å². The summed E-state index contributed by atoms with van der Waals surface area (Å²) in [4.78, 5) is 9.96. The van der Waals surface area contributed by atoms with Crippen molar-refractivity contribution in [3.8, 4) is 0 Å². The van der Waals surface area contributed by atoms with Gasteiger partial charge in [-0.2, -0.15) is 0 Å². The van der Waals surface area contributed by atoms with Crippen LogP contribution in [0.3, 0.4) is 0 Å². The molecule has 10 heavy (non-hydrogen) atoms. The fourth-order valence-electron chi connectivity index (χ4n) is 0.267. The van der Waals surface area contributed by atoms with Crippen molar-refractivity contribution in [1.29, 1.82) is 0 Å². The maximum Gasteiger partial charge on any atom is 0.304 e. The third-order valence-electron chi connectivity index (χ3n) is 0.642. The fraction of sp³-hybridized carbons (Fsp3) is 0.400. The molecule has 0 aromatic rings. The maximum absolute atomic E-state index is 9.96. The zero-order chi connectivity index (χ0) is 7.98. The van der Waals surface area contributed by atoms with E-state index >= 15 is 0 Å². The molecule has 0 aliphatic rings. The van der Waals surface area contributed by atoms with Crippen LogP contribution in [-0.4, -0.2) is 16.8 Å². The minimum atomic E-state index is -0.827. The van der Waals surface area contributed by atoms with Crippen molar-refractivity contribution < 1.29 is 9.90 Å². The Morgan fingerprint density at radius 3 is 2.70 bits per heavy atom. The first-order valence-electron chi connectivity index (χ1n) is 2.47. The number of halogens is 2. The summed E-state index contributed by atoms with van der Waals surface area (Å²) in [6.07, 6.45) is 0.103. The summed E-state index contributed by atoms with van der Waals surface area (Å²) in [7, 11) is 0. The van der Waals surface area contributed by atoms with Crippen LogP contribution in [0.2, 0.25) is 0 Å². The normalized spacial score (nSPS) is 11.6. The van der Waals surface area contributed by atoms with Crippen LogP contribution >= 0.6 is 35.0 Å². The highest BCUT2D eigenvalue weighted by Gasteiger charge is 1.97. The van der Waals surface area contributed by atoms with Crippen LogP contribution < -0.4 is 0 Å². The summed E-state index contributed by atoms with van der Waals surface area (Å²) in [6.45, 7) is 0. The number of hydrogen-bond donors (Lipinski definition) is 1. The number of carbonyl (C=O) groups is 1. The van der Waals surface area contributed by atoms with Gasteiger partial charge in [-0.15, -0.1) is 11.8 Å². The molecule has 0 heterocycles. The summed E-state index contributed by atoms with van der Waals surface area (Å²) < 4.78 is 0.419. The highest BCUT2D eigenvalue weighted by Crippen LogP contribution is 2.20. The fourth-order valence-corrected chi connectivity index (χ4v) is 1.22. The predicted molar refractivity (Wildman–Crippen MR) is 44.5 cm³/mol. The molecule has 2 nitrogen and oxygen atoms in total. The topological polar surface area (TPSA) is 37.3 Å². The maximum atomic E-state index is 9.96. The Morgan fingerprint density at radius 1 is 1.70 bits per heavy atom. The van der Waals surface area contributed by atoms with Crippen molar-refractivity contribution in [3.05, 3.63) is 9.90 Å². The van der Waals surface area contributed by atoms with Gasteiger partial charge in [0.15, 0.2) is 0 Å². The molecule has 1 N–H and O–H groups in total. The number of aliphatic carboxylic acids is 1. The van der Waals surface area contributed by atoms with Crippen LogP contribution in [0.15, 0.2) is 9.90 Å². The van der Waals surface area contributed by atoms with Gasteiger partial charge in [-0.1, -0.05) is 23.2 Å². The van der Waals surface area contributed by atoms with Crippen LogP contribution in [0, 0.1) is 0 Å². The van der Waals surface area contributed by atoms with Gasteiger partial charge in [-0.05, 0) is 0 Å². The molecule has 0 atom stereocenters. The van der Waals surface area contributed by atoms with Gasteiger partial charge in [0.25, 0.3) is 0 Å². The monoisotopic (exact) mass is 200 g/mol. The van der Waals surface area contributed by atoms with Crippen LogP contribution in [0.5, 0.6) is 0 Å². The zero-order valence-corrected chi connectivity index (χ0v) is 7.34. The molecule has 5 heteroatoms. The molecule has 0 rings (SSSR count). The van der Waals surface area contributed by atoms with Crippen molar-refractivity contribution in [2.24, 2.45) is 0 Å². The third-order valence-corrected chi connectivity index (χ3v) is 2.34. The first-order chi connectivity index (χ1) is 4.66. The smallest absolute Gasteiger partial charge is 0.304 e. The van der Waals surface area contributed by atoms with Crippen LogP contribution in [0.25, 0.3) is 0 Å². The summed E-state index contributed by atoms with van der Waals surface area (Å²) in [5, 5.41) is 8.19. The molecule has 0 aliphatic heterocycles. The molecule has 0 saturated carbocycles. The van der Waals surface area contributed by atoms with Gasteiger partial charge in [-0.3, -0.25) is 4.79 Å². The lowest BCUT2D eigenvalue weighted by Gasteiger charge is -1.93. The Morgan fingerprint density at radius 2 is 2.30 bits per heavy atom. The van der Waals surface area contributed by atoms with Crippen molar-refractivity contribution in [3.63, 3.8) is 0 Å². The van der Waals surface area contributed by atoms with Crippen LogP contribution in [-0.2, 0) is 4.79 Å². The Balaban J connectivity index is 3.29. The minimum Gasteiger partial charge on any atom is -0.481 e. The lowest BCUT2D eigenvalue weighted by molar-refractivity contribution is -0.136. The molecule has 58 valence electrons. The standard InChI is InChI=1S/C5H6Cl2O2S/c6-3-4(7)10-2-1-5(8)9/h3H,1-2H2,(H,8,9). The van der Waals surface area contributed by atoms with E-state index in [4.69, 9.17) is 28.3 Å². The average molecular weight is 201 g/mol. The second-order valence-corrected chi connectivity index (χ2v) is 3.39. The molecule has 0 fully saturated rings. The first-order valence-corrected chi connectivity index (χ1v) is 4.27. The van der Waals surface area contributed by atoms with Gasteiger partial charge < -0.3 is 5.11 Å². The molecule has 0 aromatic carbocycles. The van der Waals surface area contributed by atoms with E-state index in [9.17, 15) is 4.79 Å². The number of rotatable bonds is 4. The predicted octanol–water partition coefficient (Wildman–Crippen LogP) is 2.47. The average Bonchev–Trinajstić information content (AvgIpc) is 1.87. The summed E-state index contributed by atoms with van der Waals surface area (Å²) in [6, 6.07) is 0. The summed E-state index contributed by atoms with van der Waals surface area (Å²) >= 11 is 11.9. The van der Waals surface area contributed by atoms with Crippen molar-refractivity contribution in [2.75, 3.05) is 5.75 Å². The van der Waals surface area contributed by atoms with E-state index in [0.29, 0.717) is 10.1 Å². The van der Waals surface area contributed by atoms with E-state index in [1.807, 2.05) is 0 Å². The molecular formula is C5H6Cl2O2S. The Hall–Kier alpha value is 0.140. The van der Waals surface area contributed by atoms with Gasteiger partial charge >= 0.3 is 5.97 Å². The third kappa shape index (κ3) is 6.26. The Bertz CT molecular complexity index is 147.